The van der Waals surface area contributed by atoms with Crippen LogP contribution in [-0.2, 0) is 30.7 Å². The molecule has 0 bridgehead atoms. The number of halogens is 3. The molecule has 1 amide bonds. The monoisotopic (exact) mass is 661 g/mol. The van der Waals surface area contributed by atoms with Crippen LogP contribution in [-0.4, -0.2) is 88.0 Å². The number of hydrogen-bond donors (Lipinski definition) is 2. The number of aliphatic hydroxyl groups excluding tert-OH is 1. The van der Waals surface area contributed by atoms with Crippen molar-refractivity contribution >= 4 is 16.1 Å². The van der Waals surface area contributed by atoms with Crippen LogP contribution < -0.4 is 14.8 Å². The van der Waals surface area contributed by atoms with Crippen molar-refractivity contribution in [3.63, 3.8) is 0 Å². The lowest BCUT2D eigenvalue weighted by molar-refractivity contribution is -0.274. The summed E-state index contributed by atoms with van der Waals surface area (Å²) in [6, 6.07) is 4.58. The first kappa shape index (κ1) is 18.8. The molecule has 2 aromatic carbocycles. The van der Waals surface area contributed by atoms with E-state index in [-0.39, 0.29) is 24.3 Å². The Balaban J connectivity index is 1.81. The number of nitrogens with one attached hydrogen (secondary N) is 1. The zero-order valence-electron chi connectivity index (χ0n) is 37.5. The predicted octanol–water partition coefficient (Wildman–Crippen LogP) is 3.70. The second-order valence-electron chi connectivity index (χ2n) is 9.42. The number of fused-ring (bicyclic) bond motifs is 1. The molecule has 2 aliphatic heterocycles. The summed E-state index contributed by atoms with van der Waals surface area (Å²) in [5.41, 5.74) is 0.0918. The Kier molecular flexibility index (Phi) is 6.11. The van der Waals surface area contributed by atoms with Gasteiger partial charge in [0.25, 0.3) is 0 Å². The number of hydrogen-bond acceptors (Lipinski definition) is 9. The summed E-state index contributed by atoms with van der Waals surface area (Å²) < 4.78 is 210. The molecule has 5 atom stereocenters. The highest BCUT2D eigenvalue weighted by molar-refractivity contribution is 7.89. The minimum Gasteiger partial charge on any atom is -0.497 e. The van der Waals surface area contributed by atoms with Crippen LogP contribution in [0.25, 0.3) is 0 Å². The number of carbonyl (C=O) groups is 1. The molecule has 2 saturated heterocycles. The number of alkyl carbamates (subject to hydrolysis) is 1. The van der Waals surface area contributed by atoms with E-state index >= 15 is 0 Å². The van der Waals surface area contributed by atoms with E-state index in [1.165, 1.54) is 12.1 Å². The fraction of sp³-hybridized carbons (Fsp3) is 0.552. The molecule has 44 heavy (non-hydrogen) atoms. The van der Waals surface area contributed by atoms with Gasteiger partial charge in [-0.15, -0.1) is 13.2 Å². The summed E-state index contributed by atoms with van der Waals surface area (Å²) >= 11 is 0. The van der Waals surface area contributed by atoms with Gasteiger partial charge in [0, 0.05) is 25.4 Å². The second-order valence-corrected chi connectivity index (χ2v) is 11.3. The van der Waals surface area contributed by atoms with Gasteiger partial charge in [-0.05, 0) is 60.7 Å². The fourth-order valence-electron chi connectivity index (χ4n) is 4.30. The molecule has 2 heterocycles. The first-order chi connectivity index (χ1) is 26.6. The topological polar surface area (TPSA) is 133 Å². The molecule has 244 valence electrons. The van der Waals surface area contributed by atoms with Crippen LogP contribution in [0.3, 0.4) is 0 Å². The number of amides is 1. The van der Waals surface area contributed by atoms with Gasteiger partial charge in [-0.25, -0.2) is 13.2 Å². The lowest BCUT2D eigenvalue weighted by Gasteiger charge is -2.31. The number of methoxy groups -OCH3 is 1. The van der Waals surface area contributed by atoms with Crippen molar-refractivity contribution in [2.75, 3.05) is 33.2 Å². The first-order valence-corrected chi connectivity index (χ1v) is 14.1. The van der Waals surface area contributed by atoms with E-state index in [0.29, 0.717) is 24.3 Å². The fourth-order valence-corrected chi connectivity index (χ4v) is 5.60. The number of aliphatic hydroxyl groups is 1. The van der Waals surface area contributed by atoms with Crippen LogP contribution in [0.4, 0.5) is 18.0 Å². The third-order valence-corrected chi connectivity index (χ3v) is 8.04. The van der Waals surface area contributed by atoms with Gasteiger partial charge in [0.2, 0.25) is 10.0 Å². The Bertz CT molecular complexity index is 1910. The highest BCUT2D eigenvalue weighted by atomic mass is 32.2. The van der Waals surface area contributed by atoms with Crippen LogP contribution in [0, 0.1) is 11.8 Å². The van der Waals surface area contributed by atoms with Crippen molar-refractivity contribution in [1.82, 2.24) is 9.62 Å². The Hall–Kier alpha value is -3.11. The molecule has 0 spiro atoms. The average molecular weight is 662 g/mol. The number of rotatable bonds is 13. The lowest BCUT2D eigenvalue weighted by Crippen LogP contribution is -2.51. The number of benzene rings is 2. The molecular formula is C29H37F3N2O9S. The molecule has 0 saturated carbocycles. The highest BCUT2D eigenvalue weighted by Crippen LogP contribution is 2.33. The summed E-state index contributed by atoms with van der Waals surface area (Å²) in [6.07, 6.45) is -14.1. The van der Waals surface area contributed by atoms with Gasteiger partial charge in [-0.2, -0.15) is 4.31 Å². The molecule has 0 aromatic heterocycles. The summed E-state index contributed by atoms with van der Waals surface area (Å²) in [5.74, 6) is -6.69. The number of ether oxygens (including phenoxy) is 5. The summed E-state index contributed by atoms with van der Waals surface area (Å²) in [4.78, 5) is 12.4. The SMILES string of the molecule is [2H]C([2H])([2H])Oc1ccc(C[C@H](NC(=O)O[C@]2([2H])[C@@H]3CCO[C@@H]3OC2([2H])[2H])[C@H](O)CN(C([2H])([2H])C([2H])(C([2H])([2H])[2H])C([2H])([2H])[2H])S(=O)(=O)c2ccc(OC(F)(F)F)cc2)cc1. The molecule has 0 unspecified atom stereocenters. The van der Waals surface area contributed by atoms with Gasteiger partial charge in [0.05, 0.1) is 51.4 Å². The van der Waals surface area contributed by atoms with E-state index < -0.39 is 121 Å². The van der Waals surface area contributed by atoms with Crippen LogP contribution >= 0.6 is 0 Å². The predicted molar refractivity (Wildman–Crippen MR) is 150 cm³/mol. The van der Waals surface area contributed by atoms with Crippen LogP contribution in [0.5, 0.6) is 11.5 Å². The van der Waals surface area contributed by atoms with Crippen molar-refractivity contribution in [3.8, 4) is 11.5 Å². The highest BCUT2D eigenvalue weighted by Gasteiger charge is 2.44. The van der Waals surface area contributed by atoms with Gasteiger partial charge >= 0.3 is 12.5 Å². The Morgan fingerprint density at radius 2 is 1.93 bits per heavy atom. The van der Waals surface area contributed by atoms with E-state index in [1.54, 1.807) is 0 Å². The van der Waals surface area contributed by atoms with Gasteiger partial charge in [-0.3, -0.25) is 0 Å². The maximum Gasteiger partial charge on any atom is 0.573 e. The molecule has 15 heteroatoms. The van der Waals surface area contributed by atoms with E-state index in [0.717, 1.165) is 12.1 Å². The van der Waals surface area contributed by atoms with Gasteiger partial charge in [0.1, 0.15) is 17.6 Å². The molecule has 2 N–H and O–H groups in total. The van der Waals surface area contributed by atoms with Crippen molar-refractivity contribution in [3.05, 3.63) is 54.1 Å². The normalized spacial score (nSPS) is 30.9. The van der Waals surface area contributed by atoms with Crippen molar-refractivity contribution < 1.29 is 75.7 Å². The van der Waals surface area contributed by atoms with Gasteiger partial charge in [0.15, 0.2) is 6.29 Å². The first-order valence-electron chi connectivity index (χ1n) is 20.2. The Labute approximate surface area is 275 Å². The van der Waals surface area contributed by atoms with Gasteiger partial charge < -0.3 is 34.1 Å². The molecule has 11 nitrogen and oxygen atoms in total. The summed E-state index contributed by atoms with van der Waals surface area (Å²) in [6.45, 7) is -17.4. The van der Waals surface area contributed by atoms with Crippen LogP contribution in [0.2, 0.25) is 0 Å². The zero-order valence-corrected chi connectivity index (χ0v) is 23.3. The zero-order chi connectivity index (χ0) is 45.0. The number of nitrogens with zero attached hydrogens (tertiary/aromatic N) is 1. The molecular weight excluding hydrogens is 609 g/mol. The molecule has 2 fully saturated rings. The molecule has 2 aliphatic rings. The molecule has 0 aliphatic carbocycles. The Morgan fingerprint density at radius 1 is 1.23 bits per heavy atom. The van der Waals surface area contributed by atoms with E-state index in [4.69, 9.17) is 39.5 Å². The van der Waals surface area contributed by atoms with Crippen molar-refractivity contribution in [2.45, 2.75) is 62.3 Å². The lowest BCUT2D eigenvalue weighted by atomic mass is 10.0. The molecule has 4 rings (SSSR count). The summed E-state index contributed by atoms with van der Waals surface area (Å²) in [7, 11) is -8.59. The minimum atomic E-state index is -5.71. The minimum absolute atomic E-state index is 0.00574. The summed E-state index contributed by atoms with van der Waals surface area (Å²) in [5, 5.41) is 13.8. The number of sulfonamides is 1. The van der Waals surface area contributed by atoms with Gasteiger partial charge in [-0.1, -0.05) is 25.8 Å². The maximum absolute atomic E-state index is 14.2. The molecule has 2 aromatic rings. The van der Waals surface area contributed by atoms with Crippen LogP contribution in [0.1, 0.15) is 46.2 Å². The van der Waals surface area contributed by atoms with E-state index in [2.05, 4.69) is 10.1 Å². The third-order valence-electron chi connectivity index (χ3n) is 6.35. The number of carbonyl (C=O) groups excluding carboxylic acids is 1. The standard InChI is InChI=1S/C29H37F3N2O9S/c1-18(2)15-34(44(37,38)22-10-8-21(9-11-22)43-29(30,31)32)16-25(35)24(14-19-4-6-20(39-3)7-5-19)33-28(36)42-26-17-41-27-23(26)12-13-40-27/h4-11,18,23-27,35H,12-17H2,1-3H3,(H,33,36)/t23-,24-,25+,26-,27+/m0/s1/i1D3,2D3,3D3,15D2,17D2,18D,26D. The molecule has 0 radical (unpaired) electrons. The van der Waals surface area contributed by atoms with Crippen molar-refractivity contribution in [1.29, 1.82) is 0 Å². The number of alkyl halides is 3. The largest absolute Gasteiger partial charge is 0.573 e. The van der Waals surface area contributed by atoms with Crippen molar-refractivity contribution in [2.24, 2.45) is 11.8 Å². The van der Waals surface area contributed by atoms with E-state index in [1.807, 2.05) is 0 Å². The van der Waals surface area contributed by atoms with E-state index in [9.17, 15) is 31.5 Å². The smallest absolute Gasteiger partial charge is 0.497 e. The third kappa shape index (κ3) is 8.97. The van der Waals surface area contributed by atoms with Crippen LogP contribution in [0.15, 0.2) is 53.4 Å². The quantitative estimate of drug-likeness (QED) is 0.330. The second kappa shape index (κ2) is 14.3. The maximum atomic E-state index is 14.2. The average Bonchev–Trinajstić information content (AvgIpc) is 3.59. The Morgan fingerprint density at radius 3 is 2.59 bits per heavy atom.